The number of hydrogen-bond donors (Lipinski definition) is 1. The van der Waals surface area contributed by atoms with E-state index >= 15 is 0 Å². The molecule has 0 saturated carbocycles. The van der Waals surface area contributed by atoms with Gasteiger partial charge < -0.3 is 14.7 Å². The van der Waals surface area contributed by atoms with Crippen LogP contribution < -0.4 is 4.74 Å². The Morgan fingerprint density at radius 1 is 1.42 bits per heavy atom. The van der Waals surface area contributed by atoms with Gasteiger partial charge in [0.1, 0.15) is 5.75 Å². The molecule has 19 heavy (non-hydrogen) atoms. The number of likely N-dealkylation sites (tertiary alicyclic amines) is 1. The SMILES string of the molecule is CCc1ccc(OC)cc1[C@@H]1CCN(C)C(C)C1O. The van der Waals surface area contributed by atoms with Crippen LogP contribution >= 0.6 is 0 Å². The van der Waals surface area contributed by atoms with Gasteiger partial charge in [-0.05, 0) is 56.6 Å². The molecule has 1 aliphatic rings. The summed E-state index contributed by atoms with van der Waals surface area (Å²) in [5.74, 6) is 1.10. The maximum absolute atomic E-state index is 10.6. The molecule has 0 bridgehead atoms. The van der Waals surface area contributed by atoms with Crippen molar-refractivity contribution in [3.8, 4) is 5.75 Å². The fraction of sp³-hybridized carbons (Fsp3) is 0.625. The van der Waals surface area contributed by atoms with Gasteiger partial charge in [-0.15, -0.1) is 0 Å². The highest BCUT2D eigenvalue weighted by atomic mass is 16.5. The fourth-order valence-corrected chi connectivity index (χ4v) is 3.02. The second-order valence-electron chi connectivity index (χ2n) is 5.53. The van der Waals surface area contributed by atoms with Crippen LogP contribution in [0.5, 0.6) is 5.75 Å². The zero-order valence-corrected chi connectivity index (χ0v) is 12.4. The lowest BCUT2D eigenvalue weighted by Crippen LogP contribution is -2.48. The zero-order valence-electron chi connectivity index (χ0n) is 12.4. The van der Waals surface area contributed by atoms with E-state index in [1.54, 1.807) is 7.11 Å². The molecule has 1 fully saturated rings. The van der Waals surface area contributed by atoms with E-state index in [-0.39, 0.29) is 18.1 Å². The first-order chi connectivity index (χ1) is 9.08. The molecule has 0 amide bonds. The molecule has 1 saturated heterocycles. The number of rotatable bonds is 3. The van der Waals surface area contributed by atoms with Gasteiger partial charge in [0.2, 0.25) is 0 Å². The van der Waals surface area contributed by atoms with Crippen LogP contribution in [0.25, 0.3) is 0 Å². The van der Waals surface area contributed by atoms with Crippen LogP contribution in [0.2, 0.25) is 0 Å². The average molecular weight is 263 g/mol. The topological polar surface area (TPSA) is 32.7 Å². The largest absolute Gasteiger partial charge is 0.497 e. The van der Waals surface area contributed by atoms with Crippen molar-refractivity contribution in [1.29, 1.82) is 0 Å². The molecule has 106 valence electrons. The van der Waals surface area contributed by atoms with Crippen LogP contribution in [0.3, 0.4) is 0 Å². The summed E-state index contributed by atoms with van der Waals surface area (Å²) in [6, 6.07) is 6.44. The van der Waals surface area contributed by atoms with E-state index in [1.807, 2.05) is 6.07 Å². The van der Waals surface area contributed by atoms with Crippen LogP contribution in [-0.4, -0.2) is 42.9 Å². The van der Waals surface area contributed by atoms with Crippen molar-refractivity contribution >= 4 is 0 Å². The van der Waals surface area contributed by atoms with Gasteiger partial charge in [-0.3, -0.25) is 0 Å². The number of methoxy groups -OCH3 is 1. The number of benzene rings is 1. The lowest BCUT2D eigenvalue weighted by Gasteiger charge is -2.40. The van der Waals surface area contributed by atoms with Crippen LogP contribution in [0.4, 0.5) is 0 Å². The number of piperidine rings is 1. The molecule has 3 heteroatoms. The van der Waals surface area contributed by atoms with E-state index in [0.717, 1.165) is 25.1 Å². The van der Waals surface area contributed by atoms with E-state index in [1.165, 1.54) is 11.1 Å². The Balaban J connectivity index is 2.34. The number of nitrogens with zero attached hydrogens (tertiary/aromatic N) is 1. The molecular formula is C16H25NO2. The maximum Gasteiger partial charge on any atom is 0.119 e. The molecule has 0 radical (unpaired) electrons. The third-order valence-corrected chi connectivity index (χ3v) is 4.53. The molecule has 2 unspecified atom stereocenters. The van der Waals surface area contributed by atoms with Gasteiger partial charge in [-0.2, -0.15) is 0 Å². The van der Waals surface area contributed by atoms with Crippen LogP contribution in [0.1, 0.15) is 37.3 Å². The molecule has 3 nitrogen and oxygen atoms in total. The smallest absolute Gasteiger partial charge is 0.119 e. The number of aryl methyl sites for hydroxylation is 1. The number of ether oxygens (including phenoxy) is 1. The summed E-state index contributed by atoms with van der Waals surface area (Å²) in [5, 5.41) is 10.6. The first-order valence-corrected chi connectivity index (χ1v) is 7.13. The summed E-state index contributed by atoms with van der Waals surface area (Å²) < 4.78 is 5.34. The fourth-order valence-electron chi connectivity index (χ4n) is 3.02. The molecule has 1 aromatic rings. The van der Waals surface area contributed by atoms with Gasteiger partial charge >= 0.3 is 0 Å². The monoisotopic (exact) mass is 263 g/mol. The van der Waals surface area contributed by atoms with Gasteiger partial charge in [0.15, 0.2) is 0 Å². The Morgan fingerprint density at radius 2 is 2.16 bits per heavy atom. The lowest BCUT2D eigenvalue weighted by molar-refractivity contribution is 0.0160. The van der Waals surface area contributed by atoms with Gasteiger partial charge in [-0.25, -0.2) is 0 Å². The maximum atomic E-state index is 10.6. The highest BCUT2D eigenvalue weighted by Gasteiger charge is 2.34. The third-order valence-electron chi connectivity index (χ3n) is 4.53. The molecule has 1 N–H and O–H groups in total. The summed E-state index contributed by atoms with van der Waals surface area (Å²) >= 11 is 0. The number of likely N-dealkylation sites (N-methyl/N-ethyl adjacent to an activating group) is 1. The highest BCUT2D eigenvalue weighted by molar-refractivity contribution is 5.39. The summed E-state index contributed by atoms with van der Waals surface area (Å²) in [7, 11) is 3.77. The molecular weight excluding hydrogens is 238 g/mol. The van der Waals surface area contributed by atoms with Crippen molar-refractivity contribution in [3.63, 3.8) is 0 Å². The minimum Gasteiger partial charge on any atom is -0.497 e. The van der Waals surface area contributed by atoms with Crippen molar-refractivity contribution in [2.45, 2.75) is 44.8 Å². The van der Waals surface area contributed by atoms with Crippen molar-refractivity contribution in [2.24, 2.45) is 0 Å². The Labute approximate surface area is 116 Å². The highest BCUT2D eigenvalue weighted by Crippen LogP contribution is 2.35. The summed E-state index contributed by atoms with van der Waals surface area (Å²) in [6.07, 6.45) is 1.69. The van der Waals surface area contributed by atoms with E-state index < -0.39 is 0 Å². The Bertz CT molecular complexity index is 433. The minimum atomic E-state index is -0.309. The second-order valence-corrected chi connectivity index (χ2v) is 5.53. The summed E-state index contributed by atoms with van der Waals surface area (Å²) in [4.78, 5) is 2.23. The number of aliphatic hydroxyl groups excluding tert-OH is 1. The third kappa shape index (κ3) is 2.77. The number of hydrogen-bond acceptors (Lipinski definition) is 3. The Kier molecular flexibility index (Phi) is 4.48. The molecule has 2 rings (SSSR count). The van der Waals surface area contributed by atoms with Crippen molar-refractivity contribution < 1.29 is 9.84 Å². The first-order valence-electron chi connectivity index (χ1n) is 7.13. The molecule has 0 aliphatic carbocycles. The molecule has 0 spiro atoms. The second kappa shape index (κ2) is 5.93. The van der Waals surface area contributed by atoms with Crippen LogP contribution in [0, 0.1) is 0 Å². The molecule has 0 aromatic heterocycles. The molecule has 1 heterocycles. The Hall–Kier alpha value is -1.06. The first kappa shape index (κ1) is 14.4. The van der Waals surface area contributed by atoms with E-state index in [4.69, 9.17) is 4.74 Å². The predicted molar refractivity (Wildman–Crippen MR) is 77.8 cm³/mol. The number of aliphatic hydroxyl groups is 1. The average Bonchev–Trinajstić information content (AvgIpc) is 2.44. The quantitative estimate of drug-likeness (QED) is 0.909. The van der Waals surface area contributed by atoms with Crippen molar-refractivity contribution in [2.75, 3.05) is 20.7 Å². The van der Waals surface area contributed by atoms with E-state index in [2.05, 4.69) is 37.9 Å². The van der Waals surface area contributed by atoms with Crippen molar-refractivity contribution in [3.05, 3.63) is 29.3 Å². The molecule has 3 atom stereocenters. The minimum absolute atomic E-state index is 0.203. The van der Waals surface area contributed by atoms with Gasteiger partial charge in [0.25, 0.3) is 0 Å². The predicted octanol–water partition coefficient (Wildman–Crippen LogP) is 2.43. The standard InChI is InChI=1S/C16H25NO2/c1-5-12-6-7-13(19-4)10-15(12)14-8-9-17(3)11(2)16(14)18/h6-7,10-11,14,16,18H,5,8-9H2,1-4H3/t11?,14-,16?/m0/s1. The van der Waals surface area contributed by atoms with Gasteiger partial charge in [-0.1, -0.05) is 13.0 Å². The van der Waals surface area contributed by atoms with Gasteiger partial charge in [0.05, 0.1) is 13.2 Å². The lowest BCUT2D eigenvalue weighted by atomic mass is 9.81. The van der Waals surface area contributed by atoms with E-state index in [0.29, 0.717) is 0 Å². The van der Waals surface area contributed by atoms with Crippen LogP contribution in [-0.2, 0) is 6.42 Å². The Morgan fingerprint density at radius 3 is 2.79 bits per heavy atom. The summed E-state index contributed by atoms with van der Waals surface area (Å²) in [6.45, 7) is 5.29. The van der Waals surface area contributed by atoms with E-state index in [9.17, 15) is 5.11 Å². The summed E-state index contributed by atoms with van der Waals surface area (Å²) in [5.41, 5.74) is 2.58. The molecule has 1 aliphatic heterocycles. The van der Waals surface area contributed by atoms with Gasteiger partial charge in [0, 0.05) is 12.0 Å². The molecule has 1 aromatic carbocycles. The zero-order chi connectivity index (χ0) is 14.0. The normalized spacial score (nSPS) is 28.4. The van der Waals surface area contributed by atoms with Crippen LogP contribution in [0.15, 0.2) is 18.2 Å². The van der Waals surface area contributed by atoms with Crippen molar-refractivity contribution in [1.82, 2.24) is 4.90 Å².